The van der Waals surface area contributed by atoms with Crippen LogP contribution in [0.25, 0.3) is 0 Å². The number of aliphatic carboxylic acids is 1. The highest BCUT2D eigenvalue weighted by Crippen LogP contribution is 2.18. The van der Waals surface area contributed by atoms with Crippen molar-refractivity contribution in [1.82, 2.24) is 0 Å². The molecule has 0 bridgehead atoms. The molecule has 0 aromatic heterocycles. The summed E-state index contributed by atoms with van der Waals surface area (Å²) in [6.07, 6.45) is 84.4. The van der Waals surface area contributed by atoms with Crippen LogP contribution in [0.2, 0.25) is 0 Å². The Balaban J connectivity index is 4.00. The number of carbonyl (C=O) groups excluding carboxylic acids is 2. The molecule has 0 aromatic rings. The summed E-state index contributed by atoms with van der Waals surface area (Å²) < 4.78 is 22.9. The minimum atomic E-state index is -1.52. The standard InChI is InChI=1S/C74H131NO8/c1-6-8-10-12-14-16-18-20-22-24-26-27-28-29-30-31-32-33-34-35-36-37-38-39-40-41-42-43-44-45-47-48-50-52-54-56-58-60-62-64-71(76)81-68-70(69-82-74(73(78)79)80-67-66-75(3,4)5)83-72(77)65-63-61-59-57-55-53-51-49-46-25-23-21-19-17-15-13-11-9-7-2/h9,11,15,17-18,20-21,23-24,26,46,49,53,55,70,74H,6-8,10,12-14,16,19,22,25,27-45,47-48,50-52,54,56-69H2,1-5H3/p+1/b11-9-,17-15-,20-18-,23-21-,26-24-,49-46-,55-53-. The van der Waals surface area contributed by atoms with Crippen molar-refractivity contribution in [2.24, 2.45) is 0 Å². The molecule has 0 rings (SSSR count). The number of hydrogen-bond donors (Lipinski definition) is 1. The summed E-state index contributed by atoms with van der Waals surface area (Å²) in [5, 5.41) is 9.72. The molecule has 2 atom stereocenters. The molecule has 0 fully saturated rings. The molecular weight excluding hydrogens is 1030 g/mol. The fourth-order valence-corrected chi connectivity index (χ4v) is 9.84. The molecule has 1 N–H and O–H groups in total. The van der Waals surface area contributed by atoms with Crippen molar-refractivity contribution in [2.45, 2.75) is 322 Å². The minimum Gasteiger partial charge on any atom is -0.477 e. The van der Waals surface area contributed by atoms with E-state index >= 15 is 0 Å². The molecule has 83 heavy (non-hydrogen) atoms. The molecule has 0 heterocycles. The lowest BCUT2D eigenvalue weighted by Gasteiger charge is -2.25. The van der Waals surface area contributed by atoms with Crippen molar-refractivity contribution in [3.05, 3.63) is 85.1 Å². The number of allylic oxidation sites excluding steroid dienone is 14. The molecule has 0 aliphatic carbocycles. The number of unbranched alkanes of at least 4 members (excludes halogenated alkanes) is 35. The van der Waals surface area contributed by atoms with Gasteiger partial charge in [-0.2, -0.15) is 0 Å². The Morgan fingerprint density at radius 3 is 1.04 bits per heavy atom. The number of carboxylic acids is 1. The van der Waals surface area contributed by atoms with Crippen molar-refractivity contribution in [3.8, 4) is 0 Å². The molecule has 0 amide bonds. The maximum atomic E-state index is 12.9. The van der Waals surface area contributed by atoms with Crippen molar-refractivity contribution < 1.29 is 42.9 Å². The van der Waals surface area contributed by atoms with Gasteiger partial charge in [0, 0.05) is 12.8 Å². The molecule has 480 valence electrons. The number of likely N-dealkylation sites (N-methyl/N-ethyl adjacent to an activating group) is 1. The number of quaternary nitrogens is 1. The zero-order valence-corrected chi connectivity index (χ0v) is 54.8. The van der Waals surface area contributed by atoms with E-state index in [2.05, 4.69) is 98.9 Å². The smallest absolute Gasteiger partial charge is 0.361 e. The molecule has 0 aromatic carbocycles. The van der Waals surface area contributed by atoms with Crippen LogP contribution in [0.1, 0.15) is 309 Å². The van der Waals surface area contributed by atoms with Crippen LogP contribution >= 0.6 is 0 Å². The molecule has 9 heteroatoms. The quantitative estimate of drug-likeness (QED) is 0.0211. The van der Waals surface area contributed by atoms with E-state index < -0.39 is 24.3 Å². The van der Waals surface area contributed by atoms with E-state index in [4.69, 9.17) is 18.9 Å². The van der Waals surface area contributed by atoms with Crippen molar-refractivity contribution >= 4 is 17.9 Å². The Kier molecular flexibility index (Phi) is 61.7. The lowest BCUT2D eigenvalue weighted by molar-refractivity contribution is -0.870. The first-order chi connectivity index (χ1) is 40.6. The summed E-state index contributed by atoms with van der Waals surface area (Å²) in [5.74, 6) is -2.04. The highest BCUT2D eigenvalue weighted by molar-refractivity contribution is 5.71. The first kappa shape index (κ1) is 79.5. The molecule has 0 aliphatic heterocycles. The van der Waals surface area contributed by atoms with Crippen LogP contribution in [0.4, 0.5) is 0 Å². The lowest BCUT2D eigenvalue weighted by atomic mass is 10.0. The average Bonchev–Trinajstić information content (AvgIpc) is 3.46. The fraction of sp³-hybridized carbons (Fsp3) is 0.770. The highest BCUT2D eigenvalue weighted by Gasteiger charge is 2.25. The summed E-state index contributed by atoms with van der Waals surface area (Å²) in [6.45, 7) is 4.74. The van der Waals surface area contributed by atoms with Gasteiger partial charge in [0.15, 0.2) is 6.10 Å². The maximum absolute atomic E-state index is 12.9. The van der Waals surface area contributed by atoms with Gasteiger partial charge in [-0.3, -0.25) is 9.59 Å². The second kappa shape index (κ2) is 64.5. The van der Waals surface area contributed by atoms with E-state index in [1.54, 1.807) is 0 Å². The molecule has 0 saturated carbocycles. The van der Waals surface area contributed by atoms with E-state index in [9.17, 15) is 19.5 Å². The Hall–Kier alpha value is -3.53. The Morgan fingerprint density at radius 1 is 0.373 bits per heavy atom. The predicted octanol–water partition coefficient (Wildman–Crippen LogP) is 21.5. The van der Waals surface area contributed by atoms with Crippen LogP contribution in [-0.2, 0) is 33.3 Å². The second-order valence-corrected chi connectivity index (χ2v) is 24.5. The lowest BCUT2D eigenvalue weighted by Crippen LogP contribution is -2.40. The number of carboxylic acid groups (broad SMARTS) is 1. The molecule has 0 aliphatic rings. The van der Waals surface area contributed by atoms with Crippen LogP contribution in [0, 0.1) is 0 Å². The zero-order valence-electron chi connectivity index (χ0n) is 54.8. The van der Waals surface area contributed by atoms with Gasteiger partial charge < -0.3 is 28.5 Å². The number of ether oxygens (including phenoxy) is 4. The van der Waals surface area contributed by atoms with E-state index in [-0.39, 0.29) is 32.2 Å². The third-order valence-electron chi connectivity index (χ3n) is 15.1. The second-order valence-electron chi connectivity index (χ2n) is 24.5. The van der Waals surface area contributed by atoms with Gasteiger partial charge >= 0.3 is 17.9 Å². The Labute approximate surface area is 512 Å². The normalized spacial score (nSPS) is 13.2. The van der Waals surface area contributed by atoms with Gasteiger partial charge in [-0.25, -0.2) is 4.79 Å². The summed E-state index contributed by atoms with van der Waals surface area (Å²) in [7, 11) is 5.96. The van der Waals surface area contributed by atoms with Gasteiger partial charge in [0.05, 0.1) is 34.4 Å². The van der Waals surface area contributed by atoms with Crippen molar-refractivity contribution in [3.63, 3.8) is 0 Å². The molecule has 0 radical (unpaired) electrons. The first-order valence-electron chi connectivity index (χ1n) is 34.8. The molecule has 2 unspecified atom stereocenters. The fourth-order valence-electron chi connectivity index (χ4n) is 9.84. The molecule has 0 spiro atoms. The Morgan fingerprint density at radius 2 is 0.687 bits per heavy atom. The average molecular weight is 1160 g/mol. The maximum Gasteiger partial charge on any atom is 0.361 e. The number of nitrogens with zero attached hydrogens (tertiary/aromatic N) is 1. The number of esters is 2. The molecule has 9 nitrogen and oxygen atoms in total. The van der Waals surface area contributed by atoms with Gasteiger partial charge in [0.25, 0.3) is 6.29 Å². The summed E-state index contributed by atoms with van der Waals surface area (Å²) in [4.78, 5) is 37.5. The zero-order chi connectivity index (χ0) is 60.5. The Bertz CT molecular complexity index is 1640. The predicted molar refractivity (Wildman–Crippen MR) is 355 cm³/mol. The van der Waals surface area contributed by atoms with Crippen LogP contribution in [-0.4, -0.2) is 87.4 Å². The third kappa shape index (κ3) is 65.9. The van der Waals surface area contributed by atoms with Gasteiger partial charge in [-0.05, 0) is 89.9 Å². The minimum absolute atomic E-state index is 0.179. The number of hydrogen-bond acceptors (Lipinski definition) is 7. The van der Waals surface area contributed by atoms with Crippen LogP contribution in [0.15, 0.2) is 85.1 Å². The van der Waals surface area contributed by atoms with E-state index in [1.807, 2.05) is 21.1 Å². The SMILES string of the molecule is CC/C=C\C/C=C\C/C=C\C/C=C\C/C=C\CCCCCC(=O)OC(COC(=O)CCCCCCCCCCCCCCCCCCCCCCCCCCCCC/C=C\C/C=C\CCCCCCC)COC(OCC[N+](C)(C)C)C(=O)O. The van der Waals surface area contributed by atoms with E-state index in [0.29, 0.717) is 23.9 Å². The monoisotopic (exact) mass is 1160 g/mol. The third-order valence-corrected chi connectivity index (χ3v) is 15.1. The van der Waals surface area contributed by atoms with Gasteiger partial charge in [-0.1, -0.05) is 292 Å². The van der Waals surface area contributed by atoms with Gasteiger partial charge in [-0.15, -0.1) is 0 Å². The van der Waals surface area contributed by atoms with E-state index in [0.717, 1.165) is 77.0 Å². The highest BCUT2D eigenvalue weighted by atomic mass is 16.7. The van der Waals surface area contributed by atoms with E-state index in [1.165, 1.54) is 199 Å². The van der Waals surface area contributed by atoms with Crippen molar-refractivity contribution in [2.75, 3.05) is 47.5 Å². The topological polar surface area (TPSA) is 108 Å². The summed E-state index contributed by atoms with van der Waals surface area (Å²) >= 11 is 0. The summed E-state index contributed by atoms with van der Waals surface area (Å²) in [6, 6.07) is 0. The van der Waals surface area contributed by atoms with Gasteiger partial charge in [0.1, 0.15) is 13.2 Å². The first-order valence-corrected chi connectivity index (χ1v) is 34.8. The van der Waals surface area contributed by atoms with Crippen LogP contribution in [0.3, 0.4) is 0 Å². The van der Waals surface area contributed by atoms with Crippen LogP contribution < -0.4 is 0 Å². The number of carbonyl (C=O) groups is 3. The van der Waals surface area contributed by atoms with Crippen LogP contribution in [0.5, 0.6) is 0 Å². The largest absolute Gasteiger partial charge is 0.477 e. The molecule has 0 saturated heterocycles. The van der Waals surface area contributed by atoms with Crippen molar-refractivity contribution in [1.29, 1.82) is 0 Å². The number of rotatable bonds is 64. The molecular formula is C74H132NO8+. The van der Waals surface area contributed by atoms with Gasteiger partial charge in [0.2, 0.25) is 0 Å². The summed E-state index contributed by atoms with van der Waals surface area (Å²) in [5.41, 5.74) is 0.